The number of halogens is 2. The van der Waals surface area contributed by atoms with Gasteiger partial charge in [0.2, 0.25) is 0 Å². The van der Waals surface area contributed by atoms with E-state index in [-0.39, 0.29) is 5.56 Å². The molecule has 0 atom stereocenters. The largest absolute Gasteiger partial charge is 0.386 e. The Morgan fingerprint density at radius 1 is 1.25 bits per heavy atom. The zero-order valence-corrected chi connectivity index (χ0v) is 6.86. The lowest BCUT2D eigenvalue weighted by Crippen LogP contribution is -2.15. The Labute approximate surface area is 69.7 Å². The van der Waals surface area contributed by atoms with Crippen LogP contribution >= 0.6 is 0 Å². The zero-order valence-electron chi connectivity index (χ0n) is 6.86. The molecule has 1 aromatic carbocycles. The third-order valence-electron chi connectivity index (χ3n) is 1.51. The molecular formula is C9H9F2O. The second kappa shape index (κ2) is 2.83. The summed E-state index contributed by atoms with van der Waals surface area (Å²) in [5.41, 5.74) is -1.02. The summed E-state index contributed by atoms with van der Waals surface area (Å²) >= 11 is 0. The Kier molecular flexibility index (Phi) is 2.15. The molecule has 65 valence electrons. The number of hydrogen-bond acceptors (Lipinski definition) is 1. The van der Waals surface area contributed by atoms with Crippen LogP contribution in [0.4, 0.5) is 8.78 Å². The monoisotopic (exact) mass is 171 g/mol. The zero-order chi connectivity index (χ0) is 9.35. The van der Waals surface area contributed by atoms with E-state index in [1.54, 1.807) is 0 Å². The summed E-state index contributed by atoms with van der Waals surface area (Å²) < 4.78 is 25.1. The minimum atomic E-state index is -1.23. The summed E-state index contributed by atoms with van der Waals surface area (Å²) in [7, 11) is 0. The maximum Gasteiger partial charge on any atom is 0.134 e. The fraction of sp³-hybridized carbons (Fsp3) is 0.333. The highest BCUT2D eigenvalue weighted by atomic mass is 19.1. The molecule has 0 aliphatic rings. The van der Waals surface area contributed by atoms with E-state index in [1.165, 1.54) is 13.8 Å². The van der Waals surface area contributed by atoms with Crippen molar-refractivity contribution in [3.63, 3.8) is 0 Å². The van der Waals surface area contributed by atoms with E-state index in [2.05, 4.69) is 0 Å². The fourth-order valence-electron chi connectivity index (χ4n) is 0.854. The summed E-state index contributed by atoms with van der Waals surface area (Å²) in [4.78, 5) is 0. The van der Waals surface area contributed by atoms with Crippen LogP contribution in [0.3, 0.4) is 0 Å². The quantitative estimate of drug-likeness (QED) is 0.685. The van der Waals surface area contributed by atoms with Crippen LogP contribution in [0.1, 0.15) is 19.4 Å². The van der Waals surface area contributed by atoms with Gasteiger partial charge >= 0.3 is 0 Å². The standard InChI is InChI=1S/C9H9F2O/c1-9(2,12)6-3-7(10)5-8(11)4-6/h3-4,12H,1-2H3. The minimum Gasteiger partial charge on any atom is -0.386 e. The molecule has 0 amide bonds. The van der Waals surface area contributed by atoms with Crippen molar-refractivity contribution >= 4 is 0 Å². The molecule has 0 heterocycles. The molecule has 1 nitrogen and oxygen atoms in total. The van der Waals surface area contributed by atoms with E-state index in [0.717, 1.165) is 12.1 Å². The molecule has 0 fully saturated rings. The topological polar surface area (TPSA) is 20.2 Å². The van der Waals surface area contributed by atoms with Crippen molar-refractivity contribution in [1.29, 1.82) is 0 Å². The van der Waals surface area contributed by atoms with Crippen molar-refractivity contribution in [3.05, 3.63) is 35.4 Å². The SMILES string of the molecule is CC(C)(O)c1cc(F)[c]c(F)c1. The lowest BCUT2D eigenvalue weighted by molar-refractivity contribution is 0.0778. The number of benzene rings is 1. The number of hydrogen-bond donors (Lipinski definition) is 1. The molecule has 3 heteroatoms. The fourth-order valence-corrected chi connectivity index (χ4v) is 0.854. The van der Waals surface area contributed by atoms with Gasteiger partial charge in [0, 0.05) is 0 Å². The third-order valence-corrected chi connectivity index (χ3v) is 1.51. The van der Waals surface area contributed by atoms with Gasteiger partial charge in [0.15, 0.2) is 0 Å². The van der Waals surface area contributed by atoms with Gasteiger partial charge in [-0.1, -0.05) is 0 Å². The van der Waals surface area contributed by atoms with Crippen LogP contribution in [0.15, 0.2) is 12.1 Å². The van der Waals surface area contributed by atoms with Gasteiger partial charge in [0.25, 0.3) is 0 Å². The second-order valence-electron chi connectivity index (χ2n) is 3.12. The first-order chi connectivity index (χ1) is 5.39. The van der Waals surface area contributed by atoms with Crippen molar-refractivity contribution in [2.45, 2.75) is 19.4 Å². The minimum absolute atomic E-state index is 0.205. The Bertz CT molecular complexity index is 269. The molecule has 0 spiro atoms. The Balaban J connectivity index is 3.18. The first-order valence-electron chi connectivity index (χ1n) is 3.51. The summed E-state index contributed by atoms with van der Waals surface area (Å²) in [5.74, 6) is -1.60. The van der Waals surface area contributed by atoms with Crippen molar-refractivity contribution < 1.29 is 13.9 Å². The third kappa shape index (κ3) is 2.01. The van der Waals surface area contributed by atoms with Crippen LogP contribution in [0.2, 0.25) is 0 Å². The maximum absolute atomic E-state index is 12.6. The molecule has 0 aromatic heterocycles. The van der Waals surface area contributed by atoms with E-state index in [1.807, 2.05) is 6.07 Å². The van der Waals surface area contributed by atoms with Gasteiger partial charge in [-0.2, -0.15) is 0 Å². The van der Waals surface area contributed by atoms with Crippen molar-refractivity contribution in [2.24, 2.45) is 0 Å². The molecule has 0 aliphatic heterocycles. The predicted molar refractivity (Wildman–Crippen MR) is 40.4 cm³/mol. The lowest BCUT2D eigenvalue weighted by atomic mass is 9.98. The first-order valence-corrected chi connectivity index (χ1v) is 3.51. The molecule has 0 unspecified atom stereocenters. The highest BCUT2D eigenvalue weighted by molar-refractivity contribution is 5.21. The van der Waals surface area contributed by atoms with Gasteiger partial charge in [-0.15, -0.1) is 0 Å². The van der Waals surface area contributed by atoms with Gasteiger partial charge in [0.1, 0.15) is 11.6 Å². The van der Waals surface area contributed by atoms with Gasteiger partial charge < -0.3 is 5.11 Å². The molecule has 1 N–H and O–H groups in total. The van der Waals surface area contributed by atoms with Crippen molar-refractivity contribution in [2.75, 3.05) is 0 Å². The van der Waals surface area contributed by atoms with Gasteiger partial charge in [-0.3, -0.25) is 0 Å². The van der Waals surface area contributed by atoms with E-state index in [4.69, 9.17) is 0 Å². The van der Waals surface area contributed by atoms with Crippen LogP contribution in [-0.4, -0.2) is 5.11 Å². The molecule has 1 rings (SSSR count). The predicted octanol–water partition coefficient (Wildman–Crippen LogP) is 1.99. The summed E-state index contributed by atoms with van der Waals surface area (Å²) in [6, 6.07) is 3.96. The first kappa shape index (κ1) is 9.13. The Morgan fingerprint density at radius 2 is 1.67 bits per heavy atom. The molecular weight excluding hydrogens is 162 g/mol. The molecule has 1 aromatic rings. The van der Waals surface area contributed by atoms with Crippen LogP contribution in [0.5, 0.6) is 0 Å². The number of rotatable bonds is 1. The summed E-state index contributed by atoms with van der Waals surface area (Å²) in [6.07, 6.45) is 0. The van der Waals surface area contributed by atoms with Crippen LogP contribution < -0.4 is 0 Å². The van der Waals surface area contributed by atoms with Crippen molar-refractivity contribution in [1.82, 2.24) is 0 Å². The summed E-state index contributed by atoms with van der Waals surface area (Å²) in [5, 5.41) is 9.39. The molecule has 0 aliphatic carbocycles. The molecule has 0 bridgehead atoms. The molecule has 1 radical (unpaired) electrons. The van der Waals surface area contributed by atoms with Gasteiger partial charge in [-0.25, -0.2) is 8.78 Å². The Morgan fingerprint density at radius 3 is 2.00 bits per heavy atom. The van der Waals surface area contributed by atoms with E-state index in [9.17, 15) is 13.9 Å². The second-order valence-corrected chi connectivity index (χ2v) is 3.12. The van der Waals surface area contributed by atoms with Crippen molar-refractivity contribution in [3.8, 4) is 0 Å². The lowest BCUT2D eigenvalue weighted by Gasteiger charge is -2.17. The number of aliphatic hydroxyl groups is 1. The normalized spacial score (nSPS) is 11.8. The molecule has 12 heavy (non-hydrogen) atoms. The van der Waals surface area contributed by atoms with E-state index < -0.39 is 17.2 Å². The van der Waals surface area contributed by atoms with E-state index >= 15 is 0 Å². The smallest absolute Gasteiger partial charge is 0.134 e. The maximum atomic E-state index is 12.6. The van der Waals surface area contributed by atoms with Gasteiger partial charge in [-0.05, 0) is 31.5 Å². The molecule has 0 saturated heterocycles. The Hall–Kier alpha value is -0.960. The average Bonchev–Trinajstić information content (AvgIpc) is 1.82. The highest BCUT2D eigenvalue weighted by Crippen LogP contribution is 2.20. The van der Waals surface area contributed by atoms with Crippen LogP contribution in [0.25, 0.3) is 0 Å². The summed E-state index contributed by atoms with van der Waals surface area (Å²) in [6.45, 7) is 2.92. The molecule has 0 saturated carbocycles. The van der Waals surface area contributed by atoms with E-state index in [0.29, 0.717) is 0 Å². The van der Waals surface area contributed by atoms with Gasteiger partial charge in [0.05, 0.1) is 11.7 Å². The highest BCUT2D eigenvalue weighted by Gasteiger charge is 2.17. The average molecular weight is 171 g/mol. The van der Waals surface area contributed by atoms with Crippen LogP contribution in [0, 0.1) is 17.7 Å². The van der Waals surface area contributed by atoms with Crippen LogP contribution in [-0.2, 0) is 5.60 Å².